The van der Waals surface area contributed by atoms with Crippen LogP contribution in [0.4, 0.5) is 0 Å². The van der Waals surface area contributed by atoms with E-state index < -0.39 is 0 Å². The standard InChI is InChI=1S/C15H29NO/c17-15-12-8-4-7-11-14(15)16-13-9-5-2-1-3-6-10-13/h13-17H,1-12H2. The van der Waals surface area contributed by atoms with Crippen molar-refractivity contribution in [3.63, 3.8) is 0 Å². The summed E-state index contributed by atoms with van der Waals surface area (Å²) in [5.74, 6) is 0. The highest BCUT2D eigenvalue weighted by Gasteiger charge is 2.24. The molecule has 0 saturated heterocycles. The number of hydrogen-bond acceptors (Lipinski definition) is 2. The molecule has 0 aromatic rings. The molecule has 0 spiro atoms. The SMILES string of the molecule is OC1CCCCCC1NC1CCCCCCC1. The summed E-state index contributed by atoms with van der Waals surface area (Å²) in [6.45, 7) is 0. The largest absolute Gasteiger partial charge is 0.392 e. The van der Waals surface area contributed by atoms with Crippen molar-refractivity contribution < 1.29 is 5.11 Å². The fourth-order valence-electron chi connectivity index (χ4n) is 3.41. The molecule has 0 bridgehead atoms. The van der Waals surface area contributed by atoms with E-state index in [2.05, 4.69) is 5.32 Å². The normalized spacial score (nSPS) is 33.7. The molecule has 2 fully saturated rings. The van der Waals surface area contributed by atoms with Crippen LogP contribution in [0.1, 0.15) is 77.0 Å². The van der Waals surface area contributed by atoms with Crippen molar-refractivity contribution >= 4 is 0 Å². The number of aliphatic hydroxyl groups excluding tert-OH is 1. The molecule has 2 aliphatic carbocycles. The molecule has 100 valence electrons. The maximum absolute atomic E-state index is 10.1. The summed E-state index contributed by atoms with van der Waals surface area (Å²) >= 11 is 0. The predicted octanol–water partition coefficient (Wildman–Crippen LogP) is 3.38. The Morgan fingerprint density at radius 3 is 1.94 bits per heavy atom. The Hall–Kier alpha value is -0.0800. The van der Waals surface area contributed by atoms with E-state index in [-0.39, 0.29) is 6.10 Å². The predicted molar refractivity (Wildman–Crippen MR) is 72.1 cm³/mol. The van der Waals surface area contributed by atoms with E-state index >= 15 is 0 Å². The number of rotatable bonds is 2. The van der Waals surface area contributed by atoms with Crippen LogP contribution in [0, 0.1) is 0 Å². The van der Waals surface area contributed by atoms with Gasteiger partial charge in [-0.2, -0.15) is 0 Å². The van der Waals surface area contributed by atoms with Gasteiger partial charge in [0.2, 0.25) is 0 Å². The van der Waals surface area contributed by atoms with Crippen molar-refractivity contribution in [3.8, 4) is 0 Å². The van der Waals surface area contributed by atoms with Crippen molar-refractivity contribution in [2.24, 2.45) is 0 Å². The molecule has 0 aliphatic heterocycles. The molecule has 0 aromatic heterocycles. The molecule has 2 atom stereocenters. The summed E-state index contributed by atoms with van der Waals surface area (Å²) in [5.41, 5.74) is 0. The van der Waals surface area contributed by atoms with E-state index in [0.717, 1.165) is 6.42 Å². The average molecular weight is 239 g/mol. The van der Waals surface area contributed by atoms with Gasteiger partial charge in [-0.25, -0.2) is 0 Å². The summed E-state index contributed by atoms with van der Waals surface area (Å²) in [5, 5.41) is 13.9. The minimum atomic E-state index is -0.0945. The molecule has 2 rings (SSSR count). The van der Waals surface area contributed by atoms with E-state index in [1.165, 1.54) is 70.6 Å². The third kappa shape index (κ3) is 4.59. The van der Waals surface area contributed by atoms with Gasteiger partial charge in [0.15, 0.2) is 0 Å². The van der Waals surface area contributed by atoms with Crippen LogP contribution in [0.15, 0.2) is 0 Å². The minimum Gasteiger partial charge on any atom is -0.392 e. The first-order valence-corrected chi connectivity index (χ1v) is 7.80. The zero-order valence-electron chi connectivity index (χ0n) is 11.2. The topological polar surface area (TPSA) is 32.3 Å². The highest BCUT2D eigenvalue weighted by Crippen LogP contribution is 2.22. The van der Waals surface area contributed by atoms with E-state index in [1.807, 2.05) is 0 Å². The Bertz CT molecular complexity index is 199. The lowest BCUT2D eigenvalue weighted by Gasteiger charge is -2.29. The maximum Gasteiger partial charge on any atom is 0.0693 e. The smallest absolute Gasteiger partial charge is 0.0693 e. The minimum absolute atomic E-state index is 0.0945. The van der Waals surface area contributed by atoms with Gasteiger partial charge in [-0.15, -0.1) is 0 Å². The Labute approximate surface area is 106 Å². The monoisotopic (exact) mass is 239 g/mol. The Morgan fingerprint density at radius 2 is 1.18 bits per heavy atom. The molecule has 0 radical (unpaired) electrons. The maximum atomic E-state index is 10.1. The van der Waals surface area contributed by atoms with Crippen molar-refractivity contribution in [2.75, 3.05) is 0 Å². The molecular formula is C15H29NO. The number of hydrogen-bond donors (Lipinski definition) is 2. The summed E-state index contributed by atoms with van der Waals surface area (Å²) in [7, 11) is 0. The first-order chi connectivity index (χ1) is 8.36. The molecule has 0 amide bonds. The Kier molecular flexibility index (Phi) is 5.79. The van der Waals surface area contributed by atoms with E-state index in [9.17, 15) is 5.11 Å². The second-order valence-electron chi connectivity index (χ2n) is 6.02. The quantitative estimate of drug-likeness (QED) is 0.724. The van der Waals surface area contributed by atoms with Crippen molar-refractivity contribution in [3.05, 3.63) is 0 Å². The van der Waals surface area contributed by atoms with Gasteiger partial charge in [0.25, 0.3) is 0 Å². The zero-order valence-corrected chi connectivity index (χ0v) is 11.2. The van der Waals surface area contributed by atoms with Crippen LogP contribution in [0.5, 0.6) is 0 Å². The summed E-state index contributed by atoms with van der Waals surface area (Å²) in [6.07, 6.45) is 15.5. The Morgan fingerprint density at radius 1 is 0.647 bits per heavy atom. The highest BCUT2D eigenvalue weighted by atomic mass is 16.3. The molecule has 2 heteroatoms. The molecule has 17 heavy (non-hydrogen) atoms. The molecular weight excluding hydrogens is 210 g/mol. The fraction of sp³-hybridized carbons (Fsp3) is 1.00. The lowest BCUT2D eigenvalue weighted by molar-refractivity contribution is 0.111. The van der Waals surface area contributed by atoms with Crippen LogP contribution in [0.25, 0.3) is 0 Å². The van der Waals surface area contributed by atoms with Gasteiger partial charge < -0.3 is 10.4 Å². The van der Waals surface area contributed by atoms with Gasteiger partial charge in [0.1, 0.15) is 0 Å². The van der Waals surface area contributed by atoms with E-state index in [0.29, 0.717) is 12.1 Å². The Balaban J connectivity index is 1.79. The fourth-order valence-corrected chi connectivity index (χ4v) is 3.41. The number of nitrogens with one attached hydrogen (secondary N) is 1. The average Bonchev–Trinajstić information content (AvgIpc) is 2.48. The van der Waals surface area contributed by atoms with Crippen molar-refractivity contribution in [1.82, 2.24) is 5.32 Å². The molecule has 2 nitrogen and oxygen atoms in total. The molecule has 0 heterocycles. The van der Waals surface area contributed by atoms with E-state index in [4.69, 9.17) is 0 Å². The van der Waals surface area contributed by atoms with Crippen molar-refractivity contribution in [2.45, 2.75) is 95.2 Å². The summed E-state index contributed by atoms with van der Waals surface area (Å²) in [6, 6.07) is 1.05. The van der Waals surface area contributed by atoms with Crippen LogP contribution in [-0.4, -0.2) is 23.3 Å². The van der Waals surface area contributed by atoms with Crippen LogP contribution in [0.2, 0.25) is 0 Å². The van der Waals surface area contributed by atoms with Gasteiger partial charge in [-0.1, -0.05) is 51.4 Å². The molecule has 2 saturated carbocycles. The zero-order chi connectivity index (χ0) is 11.9. The lowest BCUT2D eigenvalue weighted by atomic mass is 9.95. The van der Waals surface area contributed by atoms with Gasteiger partial charge >= 0.3 is 0 Å². The van der Waals surface area contributed by atoms with Crippen LogP contribution in [-0.2, 0) is 0 Å². The first kappa shape index (κ1) is 13.4. The molecule has 0 aromatic carbocycles. The third-order valence-electron chi connectivity index (χ3n) is 4.53. The highest BCUT2D eigenvalue weighted by molar-refractivity contribution is 4.83. The molecule has 2 aliphatic rings. The van der Waals surface area contributed by atoms with Gasteiger partial charge in [0, 0.05) is 12.1 Å². The van der Waals surface area contributed by atoms with Crippen LogP contribution < -0.4 is 5.32 Å². The second kappa shape index (κ2) is 7.38. The van der Waals surface area contributed by atoms with Gasteiger partial charge in [-0.3, -0.25) is 0 Å². The first-order valence-electron chi connectivity index (χ1n) is 7.80. The lowest BCUT2D eigenvalue weighted by Crippen LogP contribution is -2.45. The van der Waals surface area contributed by atoms with E-state index in [1.54, 1.807) is 0 Å². The third-order valence-corrected chi connectivity index (χ3v) is 4.53. The summed E-state index contributed by atoms with van der Waals surface area (Å²) < 4.78 is 0. The van der Waals surface area contributed by atoms with Crippen LogP contribution in [0.3, 0.4) is 0 Å². The van der Waals surface area contributed by atoms with Gasteiger partial charge in [0.05, 0.1) is 6.10 Å². The second-order valence-corrected chi connectivity index (χ2v) is 6.02. The summed E-state index contributed by atoms with van der Waals surface area (Å²) in [4.78, 5) is 0. The molecule has 2 N–H and O–H groups in total. The number of aliphatic hydroxyl groups is 1. The van der Waals surface area contributed by atoms with Crippen molar-refractivity contribution in [1.29, 1.82) is 0 Å². The molecule has 2 unspecified atom stereocenters. The van der Waals surface area contributed by atoms with Crippen LogP contribution >= 0.6 is 0 Å². The van der Waals surface area contributed by atoms with Gasteiger partial charge in [-0.05, 0) is 25.7 Å².